The molecule has 0 bridgehead atoms. The summed E-state index contributed by atoms with van der Waals surface area (Å²) < 4.78 is 1.05. The first kappa shape index (κ1) is 15.5. The second-order valence-electron chi connectivity index (χ2n) is 4.23. The van der Waals surface area contributed by atoms with Gasteiger partial charge in [-0.25, -0.2) is 0 Å². The summed E-state index contributed by atoms with van der Waals surface area (Å²) in [7, 11) is 0. The van der Waals surface area contributed by atoms with Crippen molar-refractivity contribution in [3.05, 3.63) is 34.3 Å². The molecule has 1 rings (SSSR count). The van der Waals surface area contributed by atoms with E-state index in [0.29, 0.717) is 12.3 Å². The number of benzene rings is 1. The van der Waals surface area contributed by atoms with Gasteiger partial charge < -0.3 is 5.32 Å². The van der Waals surface area contributed by atoms with Crippen LogP contribution in [-0.4, -0.2) is 11.8 Å². The van der Waals surface area contributed by atoms with Crippen molar-refractivity contribution in [1.82, 2.24) is 5.32 Å². The van der Waals surface area contributed by atoms with Gasteiger partial charge in [0, 0.05) is 16.8 Å². The smallest absolute Gasteiger partial charge is 0.220 e. The van der Waals surface area contributed by atoms with E-state index in [1.54, 1.807) is 0 Å². The van der Waals surface area contributed by atoms with E-state index in [1.165, 1.54) is 0 Å². The van der Waals surface area contributed by atoms with Crippen LogP contribution < -0.4 is 5.32 Å². The summed E-state index contributed by atoms with van der Waals surface area (Å²) in [5.74, 6) is 0.729. The second-order valence-corrected chi connectivity index (χ2v) is 5.52. The Hall–Kier alpha value is -0.540. The number of alkyl halides is 1. The molecule has 0 heterocycles. The lowest BCUT2D eigenvalue weighted by Crippen LogP contribution is -2.27. The minimum atomic E-state index is 0.0987. The Kier molecular flexibility index (Phi) is 7.36. The van der Waals surface area contributed by atoms with Gasteiger partial charge in [0.1, 0.15) is 0 Å². The molecule has 2 nitrogen and oxygen atoms in total. The molecule has 0 saturated heterocycles. The van der Waals surface area contributed by atoms with Crippen molar-refractivity contribution in [1.29, 1.82) is 0 Å². The first-order valence-electron chi connectivity index (χ1n) is 6.28. The largest absolute Gasteiger partial charge is 0.349 e. The highest BCUT2D eigenvalue weighted by molar-refractivity contribution is 9.10. The molecule has 0 fully saturated rings. The van der Waals surface area contributed by atoms with E-state index in [9.17, 15) is 4.79 Å². The Balaban J connectivity index is 2.51. The van der Waals surface area contributed by atoms with Crippen LogP contribution in [0.25, 0.3) is 0 Å². The standard InChI is InChI=1S/C14H19BrClNO/c1-2-13(11-6-8-12(15)9-7-11)17-14(18)5-3-4-10-16/h6-9,13H,2-5,10H2,1H3,(H,17,18). The molecule has 0 aliphatic rings. The van der Waals surface area contributed by atoms with Gasteiger partial charge in [-0.05, 0) is 37.0 Å². The fourth-order valence-corrected chi connectivity index (χ4v) is 2.22. The molecule has 0 aliphatic carbocycles. The van der Waals surface area contributed by atoms with Crippen molar-refractivity contribution in [2.45, 2.75) is 38.6 Å². The Morgan fingerprint density at radius 1 is 1.33 bits per heavy atom. The second kappa shape index (κ2) is 8.54. The third kappa shape index (κ3) is 5.40. The average molecular weight is 333 g/mol. The molecule has 1 aromatic carbocycles. The van der Waals surface area contributed by atoms with Crippen molar-refractivity contribution in [3.63, 3.8) is 0 Å². The highest BCUT2D eigenvalue weighted by Crippen LogP contribution is 2.19. The maximum absolute atomic E-state index is 11.8. The van der Waals surface area contributed by atoms with E-state index in [4.69, 9.17) is 11.6 Å². The van der Waals surface area contributed by atoms with Crippen LogP contribution in [0.15, 0.2) is 28.7 Å². The predicted molar refractivity (Wildman–Crippen MR) is 79.9 cm³/mol. The van der Waals surface area contributed by atoms with Crippen molar-refractivity contribution >= 4 is 33.4 Å². The van der Waals surface area contributed by atoms with E-state index in [0.717, 1.165) is 29.3 Å². The number of unbranched alkanes of at least 4 members (excludes halogenated alkanes) is 1. The number of halogens is 2. The number of rotatable bonds is 7. The van der Waals surface area contributed by atoms with Gasteiger partial charge in [0.25, 0.3) is 0 Å². The van der Waals surface area contributed by atoms with Crippen LogP contribution in [0.2, 0.25) is 0 Å². The summed E-state index contributed by atoms with van der Waals surface area (Å²) in [6, 6.07) is 8.17. The minimum Gasteiger partial charge on any atom is -0.349 e. The quantitative estimate of drug-likeness (QED) is 0.581. The van der Waals surface area contributed by atoms with Gasteiger partial charge in [-0.2, -0.15) is 0 Å². The molecule has 1 amide bonds. The van der Waals surface area contributed by atoms with Crippen molar-refractivity contribution in [2.75, 3.05) is 5.88 Å². The number of hydrogen-bond acceptors (Lipinski definition) is 1. The molecule has 0 radical (unpaired) electrons. The van der Waals surface area contributed by atoms with E-state index >= 15 is 0 Å². The number of amides is 1. The highest BCUT2D eigenvalue weighted by atomic mass is 79.9. The zero-order valence-electron chi connectivity index (χ0n) is 10.6. The van der Waals surface area contributed by atoms with Crippen molar-refractivity contribution < 1.29 is 4.79 Å². The maximum Gasteiger partial charge on any atom is 0.220 e. The van der Waals surface area contributed by atoms with Crippen LogP contribution in [-0.2, 0) is 4.79 Å². The van der Waals surface area contributed by atoms with Crippen LogP contribution in [0.3, 0.4) is 0 Å². The van der Waals surface area contributed by atoms with E-state index in [2.05, 4.69) is 28.2 Å². The Bertz CT molecular complexity index is 367. The van der Waals surface area contributed by atoms with E-state index in [-0.39, 0.29) is 11.9 Å². The molecule has 0 aromatic heterocycles. The summed E-state index contributed by atoms with van der Waals surface area (Å²) >= 11 is 9.00. The molecule has 1 atom stereocenters. The normalized spacial score (nSPS) is 12.2. The third-order valence-corrected chi connectivity index (χ3v) is 3.60. The lowest BCUT2D eigenvalue weighted by atomic mass is 10.0. The lowest BCUT2D eigenvalue weighted by Gasteiger charge is -2.17. The van der Waals surface area contributed by atoms with Gasteiger partial charge in [-0.3, -0.25) is 4.79 Å². The first-order valence-corrected chi connectivity index (χ1v) is 7.61. The van der Waals surface area contributed by atoms with Gasteiger partial charge in [0.2, 0.25) is 5.91 Å². The van der Waals surface area contributed by atoms with Gasteiger partial charge in [0.05, 0.1) is 6.04 Å². The monoisotopic (exact) mass is 331 g/mol. The summed E-state index contributed by atoms with van der Waals surface area (Å²) in [6.07, 6.45) is 3.19. The summed E-state index contributed by atoms with van der Waals surface area (Å²) in [5, 5.41) is 3.06. The zero-order valence-corrected chi connectivity index (χ0v) is 12.9. The summed E-state index contributed by atoms with van der Waals surface area (Å²) in [6.45, 7) is 2.08. The molecule has 4 heteroatoms. The van der Waals surface area contributed by atoms with Gasteiger partial charge >= 0.3 is 0 Å². The van der Waals surface area contributed by atoms with Crippen LogP contribution in [0.1, 0.15) is 44.2 Å². The molecule has 100 valence electrons. The van der Waals surface area contributed by atoms with E-state index < -0.39 is 0 Å². The number of hydrogen-bond donors (Lipinski definition) is 1. The molecular weight excluding hydrogens is 314 g/mol. The fourth-order valence-electron chi connectivity index (χ4n) is 1.76. The first-order chi connectivity index (χ1) is 8.67. The zero-order chi connectivity index (χ0) is 13.4. The Morgan fingerprint density at radius 2 is 2.00 bits per heavy atom. The molecule has 1 unspecified atom stereocenters. The minimum absolute atomic E-state index is 0.0987. The number of nitrogens with one attached hydrogen (secondary N) is 1. The fraction of sp³-hybridized carbons (Fsp3) is 0.500. The predicted octanol–water partition coefficient (Wildman–Crippen LogP) is 4.43. The van der Waals surface area contributed by atoms with Gasteiger partial charge in [-0.1, -0.05) is 35.0 Å². The van der Waals surface area contributed by atoms with Gasteiger partial charge in [0.15, 0.2) is 0 Å². The lowest BCUT2D eigenvalue weighted by molar-refractivity contribution is -0.122. The molecule has 0 saturated carbocycles. The maximum atomic E-state index is 11.8. The molecule has 0 spiro atoms. The van der Waals surface area contributed by atoms with E-state index in [1.807, 2.05) is 24.3 Å². The van der Waals surface area contributed by atoms with Crippen molar-refractivity contribution in [2.24, 2.45) is 0 Å². The molecule has 1 aromatic rings. The Morgan fingerprint density at radius 3 is 2.56 bits per heavy atom. The molecular formula is C14H19BrClNO. The number of carbonyl (C=O) groups excluding carboxylic acids is 1. The SMILES string of the molecule is CCC(NC(=O)CCCCCl)c1ccc(Br)cc1. The highest BCUT2D eigenvalue weighted by Gasteiger charge is 2.12. The third-order valence-electron chi connectivity index (χ3n) is 2.80. The van der Waals surface area contributed by atoms with Crippen LogP contribution in [0.5, 0.6) is 0 Å². The number of carbonyl (C=O) groups is 1. The van der Waals surface area contributed by atoms with Crippen LogP contribution in [0, 0.1) is 0 Å². The average Bonchev–Trinajstić information content (AvgIpc) is 2.37. The summed E-state index contributed by atoms with van der Waals surface area (Å²) in [5.41, 5.74) is 1.14. The van der Waals surface area contributed by atoms with Crippen molar-refractivity contribution in [3.8, 4) is 0 Å². The molecule has 18 heavy (non-hydrogen) atoms. The molecule has 0 aliphatic heterocycles. The topological polar surface area (TPSA) is 29.1 Å². The Labute approximate surface area is 122 Å². The van der Waals surface area contributed by atoms with Crippen LogP contribution >= 0.6 is 27.5 Å². The summed E-state index contributed by atoms with van der Waals surface area (Å²) in [4.78, 5) is 11.8. The van der Waals surface area contributed by atoms with Crippen LogP contribution in [0.4, 0.5) is 0 Å². The van der Waals surface area contributed by atoms with Gasteiger partial charge in [-0.15, -0.1) is 11.6 Å². The molecule has 1 N–H and O–H groups in total.